The van der Waals surface area contributed by atoms with Crippen LogP contribution in [-0.4, -0.2) is 36.4 Å². The van der Waals surface area contributed by atoms with Gasteiger partial charge in [-0.2, -0.15) is 0 Å². The first-order valence-electron chi connectivity index (χ1n) is 12.3. The summed E-state index contributed by atoms with van der Waals surface area (Å²) in [6, 6.07) is 20.9. The van der Waals surface area contributed by atoms with Crippen molar-refractivity contribution in [3.8, 4) is 5.75 Å². The summed E-state index contributed by atoms with van der Waals surface area (Å²) in [5, 5.41) is 5.38. The van der Waals surface area contributed by atoms with Gasteiger partial charge >= 0.3 is 0 Å². The van der Waals surface area contributed by atoms with Crippen LogP contribution in [0.2, 0.25) is 0 Å². The number of hydrogen-bond donors (Lipinski definition) is 2. The average Bonchev–Trinajstić information content (AvgIpc) is 2.88. The Kier molecular flexibility index (Phi) is 8.68. The molecule has 1 fully saturated rings. The van der Waals surface area contributed by atoms with Crippen molar-refractivity contribution in [3.63, 3.8) is 0 Å². The summed E-state index contributed by atoms with van der Waals surface area (Å²) < 4.78 is 19.3. The lowest BCUT2D eigenvalue weighted by molar-refractivity contribution is -0.118. The molecule has 0 spiro atoms. The van der Waals surface area contributed by atoms with Gasteiger partial charge in [0.15, 0.2) is 6.61 Å². The van der Waals surface area contributed by atoms with Crippen LogP contribution in [0.4, 0.5) is 10.1 Å². The van der Waals surface area contributed by atoms with Gasteiger partial charge in [0.05, 0.1) is 11.3 Å². The van der Waals surface area contributed by atoms with E-state index in [1.165, 1.54) is 30.5 Å². The van der Waals surface area contributed by atoms with Crippen LogP contribution in [0.5, 0.6) is 5.75 Å². The molecule has 2 N–H and O–H groups in total. The van der Waals surface area contributed by atoms with Gasteiger partial charge in [-0.25, -0.2) is 4.39 Å². The Morgan fingerprint density at radius 3 is 2.50 bits per heavy atom. The highest BCUT2D eigenvalue weighted by atomic mass is 19.1. The molecular weight excluding hydrogens is 457 g/mol. The monoisotopic (exact) mass is 489 g/mol. The topological polar surface area (TPSA) is 70.7 Å². The molecule has 1 atom stereocenters. The summed E-state index contributed by atoms with van der Waals surface area (Å²) in [6.07, 6.45) is 2.57. The average molecular weight is 490 g/mol. The van der Waals surface area contributed by atoms with E-state index >= 15 is 0 Å². The van der Waals surface area contributed by atoms with E-state index in [0.29, 0.717) is 12.1 Å². The highest BCUT2D eigenvalue weighted by Crippen LogP contribution is 2.20. The van der Waals surface area contributed by atoms with Crippen LogP contribution in [0.3, 0.4) is 0 Å². The Morgan fingerprint density at radius 2 is 1.72 bits per heavy atom. The number of likely N-dealkylation sites (tertiary alicyclic amines) is 1. The molecule has 0 saturated carbocycles. The Hall–Kier alpha value is -3.71. The van der Waals surface area contributed by atoms with Crippen molar-refractivity contribution in [3.05, 3.63) is 95.3 Å². The molecule has 3 aromatic rings. The van der Waals surface area contributed by atoms with Gasteiger partial charge in [0.25, 0.3) is 11.8 Å². The number of rotatable bonds is 9. The van der Waals surface area contributed by atoms with E-state index in [1.54, 1.807) is 36.4 Å². The summed E-state index contributed by atoms with van der Waals surface area (Å²) in [5.41, 5.74) is 2.68. The SMILES string of the molecule is CC1CCCN(Cc2ccc(CNC(=O)c3ccccc3OCC(=O)Nc3ccccc3F)cc2)C1. The summed E-state index contributed by atoms with van der Waals surface area (Å²) in [4.78, 5) is 27.5. The zero-order valence-electron chi connectivity index (χ0n) is 20.5. The summed E-state index contributed by atoms with van der Waals surface area (Å²) in [6.45, 7) is 5.57. The van der Waals surface area contributed by atoms with Gasteiger partial charge in [0, 0.05) is 19.6 Å². The maximum absolute atomic E-state index is 13.7. The van der Waals surface area contributed by atoms with Crippen LogP contribution in [0.1, 0.15) is 41.3 Å². The van der Waals surface area contributed by atoms with Crippen molar-refractivity contribution >= 4 is 17.5 Å². The van der Waals surface area contributed by atoms with Crippen molar-refractivity contribution in [2.75, 3.05) is 25.0 Å². The van der Waals surface area contributed by atoms with Crippen molar-refractivity contribution < 1.29 is 18.7 Å². The Bertz CT molecular complexity index is 1180. The number of hydrogen-bond acceptors (Lipinski definition) is 4. The summed E-state index contributed by atoms with van der Waals surface area (Å²) >= 11 is 0. The molecule has 3 aromatic carbocycles. The molecule has 0 aliphatic carbocycles. The first-order valence-corrected chi connectivity index (χ1v) is 12.3. The second kappa shape index (κ2) is 12.3. The first kappa shape index (κ1) is 25.4. The molecule has 6 nitrogen and oxygen atoms in total. The molecule has 4 rings (SSSR count). The maximum atomic E-state index is 13.7. The van der Waals surface area contributed by atoms with E-state index in [4.69, 9.17) is 4.74 Å². The van der Waals surface area contributed by atoms with Crippen molar-refractivity contribution in [2.24, 2.45) is 5.92 Å². The standard InChI is InChI=1S/C29H32FN3O3/c1-21-7-6-16-33(18-21)19-23-14-12-22(13-15-23)17-31-29(35)24-8-2-5-11-27(24)36-20-28(34)32-26-10-4-3-9-25(26)30/h2-5,8-15,21H,6-7,16-20H2,1H3,(H,31,35)(H,32,34). The fourth-order valence-corrected chi connectivity index (χ4v) is 4.40. The number of nitrogens with one attached hydrogen (secondary N) is 2. The van der Waals surface area contributed by atoms with Crippen LogP contribution >= 0.6 is 0 Å². The van der Waals surface area contributed by atoms with Gasteiger partial charge in [0.2, 0.25) is 0 Å². The number of halogens is 1. The van der Waals surface area contributed by atoms with Crippen LogP contribution in [0.25, 0.3) is 0 Å². The number of amides is 2. The third kappa shape index (κ3) is 7.15. The lowest BCUT2D eigenvalue weighted by Gasteiger charge is -2.30. The molecule has 0 bridgehead atoms. The van der Waals surface area contributed by atoms with Crippen LogP contribution in [0, 0.1) is 11.7 Å². The summed E-state index contributed by atoms with van der Waals surface area (Å²) in [5.74, 6) is -0.313. The number of anilines is 1. The fraction of sp³-hybridized carbons (Fsp3) is 0.310. The van der Waals surface area contributed by atoms with Crippen molar-refractivity contribution in [1.29, 1.82) is 0 Å². The summed E-state index contributed by atoms with van der Waals surface area (Å²) in [7, 11) is 0. The largest absolute Gasteiger partial charge is 0.483 e. The molecule has 188 valence electrons. The molecule has 1 saturated heterocycles. The molecule has 2 amide bonds. The number of nitrogens with zero attached hydrogens (tertiary/aromatic N) is 1. The molecule has 0 aromatic heterocycles. The van der Waals surface area contributed by atoms with Gasteiger partial charge in [-0.15, -0.1) is 0 Å². The number of benzene rings is 3. The zero-order chi connectivity index (χ0) is 25.3. The van der Waals surface area contributed by atoms with Gasteiger partial charge in [0.1, 0.15) is 11.6 Å². The minimum Gasteiger partial charge on any atom is -0.483 e. The Labute approximate surface area is 211 Å². The molecule has 1 aliphatic rings. The molecule has 1 unspecified atom stereocenters. The molecule has 0 radical (unpaired) electrons. The number of ether oxygens (including phenoxy) is 1. The predicted octanol–water partition coefficient (Wildman–Crippen LogP) is 5.01. The third-order valence-corrected chi connectivity index (χ3v) is 6.26. The Balaban J connectivity index is 1.28. The zero-order valence-corrected chi connectivity index (χ0v) is 20.5. The third-order valence-electron chi connectivity index (χ3n) is 6.26. The predicted molar refractivity (Wildman–Crippen MR) is 138 cm³/mol. The second-order valence-electron chi connectivity index (χ2n) is 9.29. The van der Waals surface area contributed by atoms with Gasteiger partial charge in [-0.1, -0.05) is 55.5 Å². The van der Waals surface area contributed by atoms with Crippen LogP contribution in [0.15, 0.2) is 72.8 Å². The fourth-order valence-electron chi connectivity index (χ4n) is 4.40. The Morgan fingerprint density at radius 1 is 1.00 bits per heavy atom. The lowest BCUT2D eigenvalue weighted by atomic mass is 9.99. The minimum atomic E-state index is -0.528. The number of carbonyl (C=O) groups is 2. The van der Waals surface area contributed by atoms with E-state index in [2.05, 4.69) is 34.6 Å². The molecule has 1 heterocycles. The second-order valence-corrected chi connectivity index (χ2v) is 9.29. The minimum absolute atomic E-state index is 0.0774. The molecule has 36 heavy (non-hydrogen) atoms. The molecule has 7 heteroatoms. The quantitative estimate of drug-likeness (QED) is 0.444. The lowest BCUT2D eigenvalue weighted by Crippen LogP contribution is -2.33. The van der Waals surface area contributed by atoms with Crippen LogP contribution < -0.4 is 15.4 Å². The van der Waals surface area contributed by atoms with E-state index < -0.39 is 11.7 Å². The van der Waals surface area contributed by atoms with E-state index in [9.17, 15) is 14.0 Å². The molecular formula is C29H32FN3O3. The highest BCUT2D eigenvalue weighted by Gasteiger charge is 2.17. The van der Waals surface area contributed by atoms with Crippen molar-refractivity contribution in [2.45, 2.75) is 32.9 Å². The van der Waals surface area contributed by atoms with Gasteiger partial charge < -0.3 is 15.4 Å². The van der Waals surface area contributed by atoms with Gasteiger partial charge in [-0.3, -0.25) is 14.5 Å². The number of piperidine rings is 1. The van der Waals surface area contributed by atoms with E-state index in [1.807, 2.05) is 12.1 Å². The van der Waals surface area contributed by atoms with E-state index in [-0.39, 0.29) is 24.0 Å². The van der Waals surface area contributed by atoms with E-state index in [0.717, 1.165) is 31.1 Å². The molecule has 1 aliphatic heterocycles. The number of carbonyl (C=O) groups excluding carboxylic acids is 2. The van der Waals surface area contributed by atoms with Crippen LogP contribution in [-0.2, 0) is 17.9 Å². The smallest absolute Gasteiger partial charge is 0.262 e. The maximum Gasteiger partial charge on any atom is 0.262 e. The normalized spacial score (nSPS) is 15.8. The first-order chi connectivity index (χ1) is 17.5. The highest BCUT2D eigenvalue weighted by molar-refractivity contribution is 5.97. The van der Waals surface area contributed by atoms with Crippen molar-refractivity contribution in [1.82, 2.24) is 10.2 Å². The number of para-hydroxylation sites is 2. The van der Waals surface area contributed by atoms with Gasteiger partial charge in [-0.05, 0) is 60.7 Å².